The van der Waals surface area contributed by atoms with E-state index in [1.165, 1.54) is 0 Å². The molecule has 0 aromatic heterocycles. The van der Waals surface area contributed by atoms with Crippen LogP contribution >= 0.6 is 0 Å². The SMILES string of the molecule is COC1CC2CC(C=O)CC2O1. The van der Waals surface area contributed by atoms with Crippen molar-refractivity contribution in [3.63, 3.8) is 0 Å². The predicted molar refractivity (Wildman–Crippen MR) is 42.6 cm³/mol. The maximum Gasteiger partial charge on any atom is 0.157 e. The molecule has 1 heterocycles. The maximum absolute atomic E-state index is 10.5. The topological polar surface area (TPSA) is 35.5 Å². The summed E-state index contributed by atoms with van der Waals surface area (Å²) < 4.78 is 10.7. The number of fused-ring (bicyclic) bond motifs is 1. The summed E-state index contributed by atoms with van der Waals surface area (Å²) in [6, 6.07) is 0. The summed E-state index contributed by atoms with van der Waals surface area (Å²) in [4.78, 5) is 10.5. The first kappa shape index (κ1) is 8.20. The van der Waals surface area contributed by atoms with Gasteiger partial charge in [-0.1, -0.05) is 0 Å². The number of aldehydes is 1. The summed E-state index contributed by atoms with van der Waals surface area (Å²) in [7, 11) is 1.67. The molecule has 2 fully saturated rings. The fourth-order valence-electron chi connectivity index (χ4n) is 2.30. The summed E-state index contributed by atoms with van der Waals surface area (Å²) in [5.41, 5.74) is 0. The zero-order valence-electron chi connectivity index (χ0n) is 7.23. The molecule has 0 aromatic carbocycles. The third-order valence-corrected chi connectivity index (χ3v) is 2.94. The highest BCUT2D eigenvalue weighted by Gasteiger charge is 2.42. The van der Waals surface area contributed by atoms with Crippen molar-refractivity contribution in [2.75, 3.05) is 7.11 Å². The number of ether oxygens (including phenoxy) is 2. The fraction of sp³-hybridized carbons (Fsp3) is 0.889. The van der Waals surface area contributed by atoms with Crippen LogP contribution in [0.2, 0.25) is 0 Å². The second kappa shape index (κ2) is 3.15. The standard InChI is InChI=1S/C9H14O3/c1-11-9-4-7-2-6(5-10)3-8(7)12-9/h5-9H,2-4H2,1H3. The molecule has 0 amide bonds. The highest BCUT2D eigenvalue weighted by molar-refractivity contribution is 5.54. The molecule has 0 bridgehead atoms. The van der Waals surface area contributed by atoms with E-state index in [9.17, 15) is 4.79 Å². The van der Waals surface area contributed by atoms with Crippen LogP contribution in [0.3, 0.4) is 0 Å². The molecule has 0 N–H and O–H groups in total. The Kier molecular flexibility index (Phi) is 2.15. The van der Waals surface area contributed by atoms with Gasteiger partial charge in [-0.15, -0.1) is 0 Å². The van der Waals surface area contributed by atoms with E-state index in [4.69, 9.17) is 9.47 Å². The average molecular weight is 170 g/mol. The first-order valence-corrected chi connectivity index (χ1v) is 4.47. The number of hydrogen-bond donors (Lipinski definition) is 0. The van der Waals surface area contributed by atoms with Crippen LogP contribution in [0.5, 0.6) is 0 Å². The minimum Gasteiger partial charge on any atom is -0.356 e. The van der Waals surface area contributed by atoms with Crippen LogP contribution in [-0.4, -0.2) is 25.8 Å². The van der Waals surface area contributed by atoms with Crippen molar-refractivity contribution >= 4 is 6.29 Å². The molecule has 1 saturated heterocycles. The Labute approximate surface area is 72.0 Å². The van der Waals surface area contributed by atoms with Crippen molar-refractivity contribution in [2.24, 2.45) is 11.8 Å². The van der Waals surface area contributed by atoms with Gasteiger partial charge in [0.15, 0.2) is 6.29 Å². The molecule has 68 valence electrons. The van der Waals surface area contributed by atoms with E-state index in [0.717, 1.165) is 25.5 Å². The van der Waals surface area contributed by atoms with Crippen molar-refractivity contribution in [1.29, 1.82) is 0 Å². The van der Waals surface area contributed by atoms with Crippen molar-refractivity contribution in [3.8, 4) is 0 Å². The van der Waals surface area contributed by atoms with Crippen LogP contribution in [0.4, 0.5) is 0 Å². The molecular weight excluding hydrogens is 156 g/mol. The quantitative estimate of drug-likeness (QED) is 0.579. The van der Waals surface area contributed by atoms with Crippen molar-refractivity contribution in [1.82, 2.24) is 0 Å². The van der Waals surface area contributed by atoms with E-state index in [2.05, 4.69) is 0 Å². The van der Waals surface area contributed by atoms with Gasteiger partial charge in [-0.3, -0.25) is 0 Å². The first-order valence-electron chi connectivity index (χ1n) is 4.47. The molecule has 0 spiro atoms. The van der Waals surface area contributed by atoms with Gasteiger partial charge in [-0.05, 0) is 18.8 Å². The summed E-state index contributed by atoms with van der Waals surface area (Å²) >= 11 is 0. The number of rotatable bonds is 2. The number of hydrogen-bond acceptors (Lipinski definition) is 3. The highest BCUT2D eigenvalue weighted by atomic mass is 16.7. The third-order valence-electron chi connectivity index (χ3n) is 2.94. The third kappa shape index (κ3) is 1.27. The summed E-state index contributed by atoms with van der Waals surface area (Å²) in [5.74, 6) is 0.794. The van der Waals surface area contributed by atoms with Crippen molar-refractivity contribution < 1.29 is 14.3 Å². The lowest BCUT2D eigenvalue weighted by atomic mass is 10.0. The second-order valence-corrected chi connectivity index (χ2v) is 3.70. The summed E-state index contributed by atoms with van der Waals surface area (Å²) in [6.45, 7) is 0. The Bertz CT molecular complexity index is 167. The normalized spacial score (nSPS) is 46.1. The van der Waals surface area contributed by atoms with E-state index >= 15 is 0 Å². The molecule has 1 aliphatic heterocycles. The van der Waals surface area contributed by atoms with Gasteiger partial charge in [-0.25, -0.2) is 0 Å². The average Bonchev–Trinajstić information content (AvgIpc) is 2.59. The molecule has 4 atom stereocenters. The van der Waals surface area contributed by atoms with Gasteiger partial charge in [0, 0.05) is 19.4 Å². The molecular formula is C9H14O3. The Morgan fingerprint density at radius 3 is 2.83 bits per heavy atom. The van der Waals surface area contributed by atoms with E-state index in [-0.39, 0.29) is 18.3 Å². The molecule has 12 heavy (non-hydrogen) atoms. The lowest BCUT2D eigenvalue weighted by Crippen LogP contribution is -2.13. The Morgan fingerprint density at radius 2 is 2.25 bits per heavy atom. The van der Waals surface area contributed by atoms with Crippen LogP contribution in [0, 0.1) is 11.8 Å². The van der Waals surface area contributed by atoms with Crippen LogP contribution in [0.1, 0.15) is 19.3 Å². The Hall–Kier alpha value is -0.410. The van der Waals surface area contributed by atoms with Gasteiger partial charge in [-0.2, -0.15) is 0 Å². The van der Waals surface area contributed by atoms with Gasteiger partial charge in [0.2, 0.25) is 0 Å². The monoisotopic (exact) mass is 170 g/mol. The smallest absolute Gasteiger partial charge is 0.157 e. The fourth-order valence-corrected chi connectivity index (χ4v) is 2.30. The highest BCUT2D eigenvalue weighted by Crippen LogP contribution is 2.41. The minimum atomic E-state index is -0.0207. The summed E-state index contributed by atoms with van der Waals surface area (Å²) in [5, 5.41) is 0. The number of methoxy groups -OCH3 is 1. The van der Waals surface area contributed by atoms with Crippen LogP contribution < -0.4 is 0 Å². The predicted octanol–water partition coefficient (Wildman–Crippen LogP) is 0.973. The van der Waals surface area contributed by atoms with Crippen molar-refractivity contribution in [3.05, 3.63) is 0 Å². The molecule has 0 radical (unpaired) electrons. The molecule has 2 rings (SSSR count). The second-order valence-electron chi connectivity index (χ2n) is 3.70. The van der Waals surface area contributed by atoms with Gasteiger partial charge >= 0.3 is 0 Å². The van der Waals surface area contributed by atoms with Gasteiger partial charge < -0.3 is 14.3 Å². The Balaban J connectivity index is 1.93. The van der Waals surface area contributed by atoms with Gasteiger partial charge in [0.25, 0.3) is 0 Å². The first-order chi connectivity index (χ1) is 5.83. The zero-order valence-corrected chi connectivity index (χ0v) is 7.23. The zero-order chi connectivity index (χ0) is 8.55. The minimum absolute atomic E-state index is 0.0207. The van der Waals surface area contributed by atoms with E-state index < -0.39 is 0 Å². The number of carbonyl (C=O) groups excluding carboxylic acids is 1. The molecule has 1 saturated carbocycles. The van der Waals surface area contributed by atoms with Gasteiger partial charge in [0.05, 0.1) is 6.10 Å². The largest absolute Gasteiger partial charge is 0.356 e. The molecule has 1 aliphatic carbocycles. The van der Waals surface area contributed by atoms with Crippen LogP contribution in [-0.2, 0) is 14.3 Å². The maximum atomic E-state index is 10.5. The molecule has 3 nitrogen and oxygen atoms in total. The molecule has 0 aromatic rings. The lowest BCUT2D eigenvalue weighted by Gasteiger charge is -2.10. The van der Waals surface area contributed by atoms with Gasteiger partial charge in [0.1, 0.15) is 6.29 Å². The van der Waals surface area contributed by atoms with Crippen molar-refractivity contribution in [2.45, 2.75) is 31.7 Å². The summed E-state index contributed by atoms with van der Waals surface area (Å²) in [6.07, 6.45) is 4.18. The van der Waals surface area contributed by atoms with Crippen LogP contribution in [0.25, 0.3) is 0 Å². The van der Waals surface area contributed by atoms with E-state index in [0.29, 0.717) is 5.92 Å². The molecule has 2 aliphatic rings. The number of carbonyl (C=O) groups is 1. The van der Waals surface area contributed by atoms with Crippen LogP contribution in [0.15, 0.2) is 0 Å². The Morgan fingerprint density at radius 1 is 1.42 bits per heavy atom. The molecule has 4 unspecified atom stereocenters. The lowest BCUT2D eigenvalue weighted by molar-refractivity contribution is -0.121. The van der Waals surface area contributed by atoms with E-state index in [1.54, 1.807) is 7.11 Å². The van der Waals surface area contributed by atoms with E-state index in [1.807, 2.05) is 0 Å². The molecule has 3 heteroatoms.